The first kappa shape index (κ1) is 11.5. The van der Waals surface area contributed by atoms with E-state index in [9.17, 15) is 0 Å². The molecule has 7 heteroatoms. The van der Waals surface area contributed by atoms with Crippen LogP contribution in [0.3, 0.4) is 0 Å². The topological polar surface area (TPSA) is 96.1 Å². The molecule has 0 aliphatic rings. The minimum absolute atomic E-state index is 0.0393. The Morgan fingerprint density at radius 1 is 1.35 bits per heavy atom. The van der Waals surface area contributed by atoms with Crippen LogP contribution in [0.2, 0.25) is 0 Å². The van der Waals surface area contributed by atoms with Gasteiger partial charge in [-0.3, -0.25) is 4.68 Å². The molecule has 0 bridgehead atoms. The van der Waals surface area contributed by atoms with E-state index in [2.05, 4.69) is 20.4 Å². The normalized spacial score (nSPS) is 10.5. The molecule has 0 fully saturated rings. The third-order valence-electron chi connectivity index (χ3n) is 2.09. The molecule has 0 saturated carbocycles. The first-order valence-electron chi connectivity index (χ1n) is 5.15. The standard InChI is InChI=1S/C10H13N5O2/c16-4-3-15-6-9(5-12-15)14-10-11-2-1-8(7-17)13-10/h1-2,5-6,16-17H,3-4,7H2,(H,11,13,14). The van der Waals surface area contributed by atoms with Crippen molar-refractivity contribution in [3.05, 3.63) is 30.4 Å². The highest BCUT2D eigenvalue weighted by molar-refractivity contribution is 5.50. The maximum absolute atomic E-state index is 8.94. The Kier molecular flexibility index (Phi) is 3.63. The van der Waals surface area contributed by atoms with Crippen LogP contribution in [0.15, 0.2) is 24.7 Å². The molecule has 0 aliphatic heterocycles. The van der Waals surface area contributed by atoms with Crippen LogP contribution < -0.4 is 5.32 Å². The van der Waals surface area contributed by atoms with E-state index in [1.165, 1.54) is 0 Å². The van der Waals surface area contributed by atoms with Crippen molar-refractivity contribution in [2.24, 2.45) is 0 Å². The molecule has 17 heavy (non-hydrogen) atoms. The molecular formula is C10H13N5O2. The molecule has 0 amide bonds. The van der Waals surface area contributed by atoms with Gasteiger partial charge in [0.15, 0.2) is 0 Å². The fourth-order valence-corrected chi connectivity index (χ4v) is 1.33. The van der Waals surface area contributed by atoms with E-state index < -0.39 is 0 Å². The summed E-state index contributed by atoms with van der Waals surface area (Å²) in [7, 11) is 0. The van der Waals surface area contributed by atoms with E-state index in [1.54, 1.807) is 29.3 Å². The van der Waals surface area contributed by atoms with Crippen molar-refractivity contribution in [2.75, 3.05) is 11.9 Å². The van der Waals surface area contributed by atoms with Crippen LogP contribution >= 0.6 is 0 Å². The summed E-state index contributed by atoms with van der Waals surface area (Å²) in [6, 6.07) is 1.64. The van der Waals surface area contributed by atoms with Gasteiger partial charge in [0.25, 0.3) is 0 Å². The van der Waals surface area contributed by atoms with Gasteiger partial charge in [0.2, 0.25) is 5.95 Å². The van der Waals surface area contributed by atoms with Crippen molar-refractivity contribution in [3.63, 3.8) is 0 Å². The summed E-state index contributed by atoms with van der Waals surface area (Å²) in [6.07, 6.45) is 4.93. The predicted octanol–water partition coefficient (Wildman–Crippen LogP) is -0.0987. The maximum Gasteiger partial charge on any atom is 0.227 e. The summed E-state index contributed by atoms with van der Waals surface area (Å²) in [6.45, 7) is 0.359. The Bertz CT molecular complexity index is 485. The van der Waals surface area contributed by atoms with Gasteiger partial charge in [-0.05, 0) is 6.07 Å². The number of aromatic nitrogens is 4. The Morgan fingerprint density at radius 2 is 2.24 bits per heavy atom. The second-order valence-corrected chi connectivity index (χ2v) is 3.37. The van der Waals surface area contributed by atoms with Crippen LogP contribution in [0, 0.1) is 0 Å². The molecule has 0 atom stereocenters. The molecule has 7 nitrogen and oxygen atoms in total. The summed E-state index contributed by atoms with van der Waals surface area (Å²) >= 11 is 0. The lowest BCUT2D eigenvalue weighted by molar-refractivity contribution is 0.269. The lowest BCUT2D eigenvalue weighted by atomic mass is 10.4. The Labute approximate surface area is 97.8 Å². The SMILES string of the molecule is OCCn1cc(Nc2nccc(CO)n2)cn1. The molecule has 0 spiro atoms. The van der Waals surface area contributed by atoms with E-state index in [4.69, 9.17) is 10.2 Å². The van der Waals surface area contributed by atoms with Gasteiger partial charge < -0.3 is 15.5 Å². The van der Waals surface area contributed by atoms with Crippen LogP contribution in [-0.2, 0) is 13.2 Å². The molecule has 2 rings (SSSR count). The van der Waals surface area contributed by atoms with Crippen LogP contribution in [-0.4, -0.2) is 36.6 Å². The van der Waals surface area contributed by atoms with Crippen molar-refractivity contribution in [1.29, 1.82) is 0 Å². The largest absolute Gasteiger partial charge is 0.394 e. The Morgan fingerprint density at radius 3 is 3.00 bits per heavy atom. The van der Waals surface area contributed by atoms with Gasteiger partial charge >= 0.3 is 0 Å². The molecule has 0 saturated heterocycles. The highest BCUT2D eigenvalue weighted by Crippen LogP contribution is 2.11. The van der Waals surface area contributed by atoms with Crippen molar-refractivity contribution < 1.29 is 10.2 Å². The summed E-state index contributed by atoms with van der Waals surface area (Å²) in [5.41, 5.74) is 1.28. The van der Waals surface area contributed by atoms with Crippen molar-refractivity contribution in [1.82, 2.24) is 19.7 Å². The second-order valence-electron chi connectivity index (χ2n) is 3.37. The summed E-state index contributed by atoms with van der Waals surface area (Å²) in [5.74, 6) is 0.403. The van der Waals surface area contributed by atoms with Gasteiger partial charge in [0.1, 0.15) is 0 Å². The van der Waals surface area contributed by atoms with Gasteiger partial charge in [0, 0.05) is 12.4 Å². The average molecular weight is 235 g/mol. The molecule has 0 aliphatic carbocycles. The second kappa shape index (κ2) is 5.37. The van der Waals surface area contributed by atoms with Gasteiger partial charge in [0.05, 0.1) is 37.3 Å². The zero-order chi connectivity index (χ0) is 12.1. The number of rotatable bonds is 5. The van der Waals surface area contributed by atoms with Gasteiger partial charge in [-0.2, -0.15) is 5.10 Å². The fourth-order valence-electron chi connectivity index (χ4n) is 1.33. The Balaban J connectivity index is 2.08. The van der Waals surface area contributed by atoms with Crippen molar-refractivity contribution in [3.8, 4) is 0 Å². The fraction of sp³-hybridized carbons (Fsp3) is 0.300. The summed E-state index contributed by atoms with van der Waals surface area (Å²) in [5, 5.41) is 24.7. The first-order valence-corrected chi connectivity index (χ1v) is 5.15. The van der Waals surface area contributed by atoms with E-state index in [-0.39, 0.29) is 13.2 Å². The monoisotopic (exact) mass is 235 g/mol. The number of aliphatic hydroxyl groups is 2. The van der Waals surface area contributed by atoms with Gasteiger partial charge in [-0.25, -0.2) is 9.97 Å². The number of hydrogen-bond donors (Lipinski definition) is 3. The van der Waals surface area contributed by atoms with Crippen LogP contribution in [0.5, 0.6) is 0 Å². The lowest BCUT2D eigenvalue weighted by Crippen LogP contribution is -2.02. The first-order chi connectivity index (χ1) is 8.31. The third-order valence-corrected chi connectivity index (χ3v) is 2.09. The molecule has 0 unspecified atom stereocenters. The minimum Gasteiger partial charge on any atom is -0.394 e. The average Bonchev–Trinajstić information content (AvgIpc) is 2.77. The highest BCUT2D eigenvalue weighted by Gasteiger charge is 2.01. The molecule has 0 radical (unpaired) electrons. The van der Waals surface area contributed by atoms with Crippen LogP contribution in [0.1, 0.15) is 5.69 Å². The zero-order valence-electron chi connectivity index (χ0n) is 9.11. The van der Waals surface area contributed by atoms with E-state index in [1.807, 2.05) is 0 Å². The molecule has 3 N–H and O–H groups in total. The lowest BCUT2D eigenvalue weighted by Gasteiger charge is -2.02. The molecule has 90 valence electrons. The third kappa shape index (κ3) is 2.99. The number of hydrogen-bond acceptors (Lipinski definition) is 6. The van der Waals surface area contributed by atoms with Crippen LogP contribution in [0.25, 0.3) is 0 Å². The maximum atomic E-state index is 8.94. The smallest absolute Gasteiger partial charge is 0.227 e. The van der Waals surface area contributed by atoms with E-state index >= 15 is 0 Å². The van der Waals surface area contributed by atoms with Crippen molar-refractivity contribution >= 4 is 11.6 Å². The molecule has 2 aromatic heterocycles. The van der Waals surface area contributed by atoms with E-state index in [0.717, 1.165) is 5.69 Å². The number of nitrogens with zero attached hydrogens (tertiary/aromatic N) is 4. The van der Waals surface area contributed by atoms with Crippen molar-refractivity contribution in [2.45, 2.75) is 13.2 Å². The zero-order valence-corrected chi connectivity index (χ0v) is 9.11. The minimum atomic E-state index is -0.124. The number of aliphatic hydroxyl groups excluding tert-OH is 2. The highest BCUT2D eigenvalue weighted by atomic mass is 16.3. The Hall–Kier alpha value is -1.99. The summed E-state index contributed by atoms with van der Waals surface area (Å²) < 4.78 is 1.61. The number of nitrogens with one attached hydrogen (secondary N) is 1. The molecule has 2 aromatic rings. The quantitative estimate of drug-likeness (QED) is 0.669. The number of anilines is 2. The predicted molar refractivity (Wildman–Crippen MR) is 60.6 cm³/mol. The molecule has 2 heterocycles. The van der Waals surface area contributed by atoms with Gasteiger partial charge in [-0.1, -0.05) is 0 Å². The molecule has 0 aromatic carbocycles. The summed E-state index contributed by atoms with van der Waals surface area (Å²) in [4.78, 5) is 8.10. The van der Waals surface area contributed by atoms with Gasteiger partial charge in [-0.15, -0.1) is 0 Å². The molecular weight excluding hydrogens is 222 g/mol. The van der Waals surface area contributed by atoms with Crippen LogP contribution in [0.4, 0.5) is 11.6 Å². The van der Waals surface area contributed by atoms with E-state index in [0.29, 0.717) is 18.2 Å².